The first-order valence-corrected chi connectivity index (χ1v) is 25.2. The zero-order chi connectivity index (χ0) is 33.6. The van der Waals surface area contributed by atoms with Gasteiger partial charge in [-0.2, -0.15) is 0 Å². The summed E-state index contributed by atoms with van der Waals surface area (Å²) < 4.78 is 54.0. The Morgan fingerprint density at radius 3 is 1.76 bits per heavy atom. The minimum atomic E-state index is -2.38. The van der Waals surface area contributed by atoms with E-state index in [1.165, 1.54) is 0 Å². The van der Waals surface area contributed by atoms with Crippen molar-refractivity contribution in [2.24, 2.45) is 0 Å². The van der Waals surface area contributed by atoms with Crippen LogP contribution in [-0.4, -0.2) is 74.0 Å². The highest BCUT2D eigenvalue weighted by molar-refractivity contribution is 14.1. The number of hydrogen-bond donors (Lipinski definition) is 0. The standard InChI is InChI=1S/C31H61IO6Si3/c1-29(2,3)39(10,11)36-24(18-20-32)26-28(38-41(14,15)31(7,8)9)27(37-40(12,13)30(4,5)6)25-23(35-26)17-16-22(34-25)19-21-33/h18,20-28H,16-17,19H2,1-15H3/b20-18+/t22-,23+,24+,25+,26?,27+,28-/m1/s1/i19D2. The molecular formula is C31H61IO6Si3. The summed E-state index contributed by atoms with van der Waals surface area (Å²) in [6, 6.07) is 0. The van der Waals surface area contributed by atoms with Gasteiger partial charge >= 0.3 is 0 Å². The molecule has 0 N–H and O–H groups in total. The number of rotatable bonds is 10. The number of carbonyl (C=O) groups is 1. The van der Waals surface area contributed by atoms with Crippen LogP contribution in [0.4, 0.5) is 0 Å². The molecule has 2 aliphatic heterocycles. The second kappa shape index (κ2) is 13.5. The SMILES string of the molecule is [2H]C([2H])(C=O)[C@H]1CC[C@@H]2OC([C@H](/C=C/I)O[Si](C)(C)C(C)(C)C)[C@@H](O[Si](C)(C)C(C)(C)C)[C@@H](O[Si](C)(C)C(C)(C)C)[C@H]2O1. The number of ether oxygens (including phenoxy) is 2. The van der Waals surface area contributed by atoms with E-state index in [1.54, 1.807) is 0 Å². The lowest BCUT2D eigenvalue weighted by molar-refractivity contribution is -0.266. The highest BCUT2D eigenvalue weighted by Crippen LogP contribution is 2.47. The van der Waals surface area contributed by atoms with Gasteiger partial charge in [-0.25, -0.2) is 0 Å². The van der Waals surface area contributed by atoms with Crippen molar-refractivity contribution < 1.29 is 30.3 Å². The summed E-state index contributed by atoms with van der Waals surface area (Å²) in [6.07, 6.45) is -2.34. The van der Waals surface area contributed by atoms with Gasteiger partial charge in [-0.3, -0.25) is 0 Å². The highest BCUT2D eigenvalue weighted by atomic mass is 127. The third-order valence-electron chi connectivity index (χ3n) is 10.3. The minimum absolute atomic E-state index is 0.00399. The lowest BCUT2D eigenvalue weighted by Gasteiger charge is -2.56. The maximum Gasteiger partial charge on any atom is 0.193 e. The normalized spacial score (nSPS) is 30.9. The van der Waals surface area contributed by atoms with Gasteiger partial charge in [-0.15, -0.1) is 0 Å². The number of hydrogen-bond acceptors (Lipinski definition) is 6. The lowest BCUT2D eigenvalue weighted by atomic mass is 9.87. The maximum absolute atomic E-state index is 11.8. The van der Waals surface area contributed by atoms with Crippen LogP contribution in [0.1, 0.15) is 84.3 Å². The van der Waals surface area contributed by atoms with E-state index in [4.69, 9.17) is 25.5 Å². The molecule has 7 atom stereocenters. The van der Waals surface area contributed by atoms with E-state index in [1.807, 2.05) is 4.08 Å². The molecule has 2 heterocycles. The Balaban J connectivity index is 2.79. The molecule has 0 aromatic heterocycles. The molecule has 0 radical (unpaired) electrons. The molecule has 0 aromatic carbocycles. The van der Waals surface area contributed by atoms with Gasteiger partial charge in [0.25, 0.3) is 0 Å². The molecule has 0 amide bonds. The average Bonchev–Trinajstić information content (AvgIpc) is 2.82. The van der Waals surface area contributed by atoms with Crippen molar-refractivity contribution in [2.75, 3.05) is 0 Å². The fraction of sp³-hybridized carbons (Fsp3) is 0.903. The summed E-state index contributed by atoms with van der Waals surface area (Å²) in [5.74, 6) is 0. The molecule has 41 heavy (non-hydrogen) atoms. The fourth-order valence-electron chi connectivity index (χ4n) is 4.48. The van der Waals surface area contributed by atoms with Gasteiger partial charge in [0.15, 0.2) is 25.0 Å². The highest BCUT2D eigenvalue weighted by Gasteiger charge is 2.57. The Labute approximate surface area is 271 Å². The second-order valence-corrected chi connectivity index (χ2v) is 31.4. The van der Waals surface area contributed by atoms with Crippen LogP contribution >= 0.6 is 22.6 Å². The molecule has 240 valence electrons. The molecule has 2 saturated heterocycles. The molecular weight excluding hydrogens is 679 g/mol. The second-order valence-electron chi connectivity index (χ2n) is 16.4. The van der Waals surface area contributed by atoms with Crippen LogP contribution < -0.4 is 0 Å². The molecule has 1 unspecified atom stereocenters. The predicted molar refractivity (Wildman–Crippen MR) is 187 cm³/mol. The molecule has 0 aromatic rings. The quantitative estimate of drug-likeness (QED) is 0.127. The zero-order valence-electron chi connectivity index (χ0n) is 30.5. The largest absolute Gasteiger partial charge is 0.408 e. The third-order valence-corrected chi connectivity index (χ3v) is 24.1. The first-order chi connectivity index (χ1) is 19.1. The van der Waals surface area contributed by atoms with Gasteiger partial charge in [0, 0.05) is 9.11 Å². The first-order valence-electron chi connectivity index (χ1n) is 16.2. The summed E-state index contributed by atoms with van der Waals surface area (Å²) >= 11 is 2.25. The Kier molecular flexibility index (Phi) is 11.4. The number of halogens is 1. The number of fused-ring (bicyclic) bond motifs is 1. The van der Waals surface area contributed by atoms with E-state index < -0.39 is 61.8 Å². The Bertz CT molecular complexity index is 987. The van der Waals surface area contributed by atoms with Crippen LogP contribution in [0, 0.1) is 0 Å². The lowest BCUT2D eigenvalue weighted by Crippen LogP contribution is -2.69. The van der Waals surface area contributed by atoms with Crippen LogP contribution in [0.3, 0.4) is 0 Å². The van der Waals surface area contributed by atoms with Gasteiger partial charge in [-0.1, -0.05) is 84.9 Å². The maximum atomic E-state index is 11.8. The molecule has 0 spiro atoms. The van der Waals surface area contributed by atoms with Crippen molar-refractivity contribution in [2.45, 2.75) is 179 Å². The summed E-state index contributed by atoms with van der Waals surface area (Å²) in [5, 5.41) is -0.159. The smallest absolute Gasteiger partial charge is 0.193 e. The van der Waals surface area contributed by atoms with Crippen LogP contribution in [0.2, 0.25) is 54.4 Å². The van der Waals surface area contributed by atoms with Crippen molar-refractivity contribution in [3.63, 3.8) is 0 Å². The van der Waals surface area contributed by atoms with E-state index in [2.05, 4.69) is 130 Å². The van der Waals surface area contributed by atoms with Crippen molar-refractivity contribution >= 4 is 53.8 Å². The fourth-order valence-corrected chi connectivity index (χ4v) is 8.74. The Morgan fingerprint density at radius 2 is 1.32 bits per heavy atom. The third kappa shape index (κ3) is 9.08. The molecule has 2 aliphatic rings. The van der Waals surface area contributed by atoms with Crippen molar-refractivity contribution in [3.05, 3.63) is 10.2 Å². The molecule has 0 aliphatic carbocycles. The van der Waals surface area contributed by atoms with E-state index in [0.717, 1.165) is 0 Å². The summed E-state index contributed by atoms with van der Waals surface area (Å²) in [7, 11) is -6.99. The van der Waals surface area contributed by atoms with Gasteiger partial charge in [0.2, 0.25) is 0 Å². The van der Waals surface area contributed by atoms with Gasteiger partial charge in [0.05, 0.1) is 18.3 Å². The number of carbonyl (C=O) groups excluding carboxylic acids is 1. The Morgan fingerprint density at radius 1 is 0.829 bits per heavy atom. The van der Waals surface area contributed by atoms with Crippen molar-refractivity contribution in [3.8, 4) is 0 Å². The molecule has 10 heteroatoms. The summed E-state index contributed by atoms with van der Waals surface area (Å²) in [4.78, 5) is 11.8. The number of aldehydes is 1. The van der Waals surface area contributed by atoms with Crippen molar-refractivity contribution in [1.29, 1.82) is 0 Å². The molecule has 6 nitrogen and oxygen atoms in total. The van der Waals surface area contributed by atoms with Gasteiger partial charge in [-0.05, 0) is 77.4 Å². The average molecular weight is 743 g/mol. The summed E-state index contributed by atoms with van der Waals surface area (Å²) in [6.45, 7) is 33.5. The van der Waals surface area contributed by atoms with Crippen LogP contribution in [0.15, 0.2) is 10.2 Å². The van der Waals surface area contributed by atoms with E-state index in [9.17, 15) is 4.79 Å². The molecule has 0 saturated carbocycles. The summed E-state index contributed by atoms with van der Waals surface area (Å²) in [5.41, 5.74) is 0. The monoisotopic (exact) mass is 742 g/mol. The first kappa shape index (κ1) is 34.5. The molecule has 2 rings (SSSR count). The van der Waals surface area contributed by atoms with Gasteiger partial charge in [0.1, 0.15) is 30.7 Å². The molecule has 0 bridgehead atoms. The van der Waals surface area contributed by atoms with Crippen LogP contribution in [0.5, 0.6) is 0 Å². The Hall–Kier alpha value is 0.591. The zero-order valence-corrected chi connectivity index (χ0v) is 33.7. The van der Waals surface area contributed by atoms with Crippen LogP contribution in [0.25, 0.3) is 0 Å². The topological polar surface area (TPSA) is 63.2 Å². The van der Waals surface area contributed by atoms with E-state index in [-0.39, 0.29) is 27.3 Å². The molecule has 2 fully saturated rings. The van der Waals surface area contributed by atoms with E-state index in [0.29, 0.717) is 19.1 Å². The van der Waals surface area contributed by atoms with E-state index >= 15 is 0 Å². The van der Waals surface area contributed by atoms with Gasteiger partial charge < -0.3 is 27.5 Å². The van der Waals surface area contributed by atoms with Crippen molar-refractivity contribution in [1.82, 2.24) is 0 Å². The van der Waals surface area contributed by atoms with Crippen LogP contribution in [-0.2, 0) is 27.5 Å². The predicted octanol–water partition coefficient (Wildman–Crippen LogP) is 9.01. The minimum Gasteiger partial charge on any atom is -0.408 e.